The van der Waals surface area contributed by atoms with E-state index < -0.39 is 22.1 Å². The molecule has 1 saturated heterocycles. The minimum atomic E-state index is -4.05. The van der Waals surface area contributed by atoms with Crippen molar-refractivity contribution in [1.82, 2.24) is 0 Å². The Bertz CT molecular complexity index is 992. The Kier molecular flexibility index (Phi) is 4.75. The molecule has 3 rings (SSSR count). The van der Waals surface area contributed by atoms with Crippen LogP contribution < -0.4 is 9.62 Å². The van der Waals surface area contributed by atoms with E-state index >= 15 is 0 Å². The van der Waals surface area contributed by atoms with E-state index in [4.69, 9.17) is 21.4 Å². The SMILES string of the molecule is O=C(O)c1ccc(S(=O)(=O)Nc2cccc(N3CCOC3=O)c2)c(Cl)c1. The first kappa shape index (κ1) is 18.0. The zero-order chi connectivity index (χ0) is 18.9. The van der Waals surface area contributed by atoms with Gasteiger partial charge in [0.1, 0.15) is 11.5 Å². The molecule has 0 spiro atoms. The second kappa shape index (κ2) is 6.85. The summed E-state index contributed by atoms with van der Waals surface area (Å²) in [6.45, 7) is 0.637. The van der Waals surface area contributed by atoms with E-state index in [1.807, 2.05) is 0 Å². The number of cyclic esters (lactones) is 1. The molecule has 2 aromatic rings. The predicted molar refractivity (Wildman–Crippen MR) is 94.4 cm³/mol. The lowest BCUT2D eigenvalue weighted by atomic mass is 10.2. The van der Waals surface area contributed by atoms with Crippen molar-refractivity contribution in [2.24, 2.45) is 0 Å². The van der Waals surface area contributed by atoms with E-state index in [2.05, 4.69) is 4.72 Å². The lowest BCUT2D eigenvalue weighted by Crippen LogP contribution is -2.23. The van der Waals surface area contributed by atoms with Gasteiger partial charge in [-0.1, -0.05) is 17.7 Å². The normalized spacial score (nSPS) is 14.2. The number of carboxylic acids is 1. The van der Waals surface area contributed by atoms with Crippen LogP contribution in [-0.4, -0.2) is 38.7 Å². The number of nitrogens with one attached hydrogen (secondary N) is 1. The number of benzene rings is 2. The van der Waals surface area contributed by atoms with Crippen molar-refractivity contribution >= 4 is 45.1 Å². The molecule has 0 aromatic heterocycles. The second-order valence-corrected chi connectivity index (χ2v) is 7.43. The Labute approximate surface area is 154 Å². The molecule has 26 heavy (non-hydrogen) atoms. The number of carboxylic acid groups (broad SMARTS) is 1. The number of rotatable bonds is 5. The van der Waals surface area contributed by atoms with E-state index in [9.17, 15) is 18.0 Å². The average molecular weight is 397 g/mol. The molecule has 0 aliphatic carbocycles. The van der Waals surface area contributed by atoms with Gasteiger partial charge in [-0.15, -0.1) is 0 Å². The summed E-state index contributed by atoms with van der Waals surface area (Å²) in [5, 5.41) is 8.72. The van der Waals surface area contributed by atoms with Crippen LogP contribution in [0.15, 0.2) is 47.4 Å². The van der Waals surface area contributed by atoms with Crippen LogP contribution in [0, 0.1) is 0 Å². The first-order valence-electron chi connectivity index (χ1n) is 7.38. The number of anilines is 2. The summed E-state index contributed by atoms with van der Waals surface area (Å²) in [6.07, 6.45) is -0.502. The number of carbonyl (C=O) groups is 2. The Balaban J connectivity index is 1.88. The maximum absolute atomic E-state index is 12.6. The number of ether oxygens (including phenoxy) is 1. The summed E-state index contributed by atoms with van der Waals surface area (Å²) >= 11 is 5.93. The molecule has 0 unspecified atom stereocenters. The van der Waals surface area contributed by atoms with Crippen molar-refractivity contribution < 1.29 is 27.9 Å². The quantitative estimate of drug-likeness (QED) is 0.803. The number of nitrogens with zero attached hydrogens (tertiary/aromatic N) is 1. The van der Waals surface area contributed by atoms with Crippen LogP contribution in [0.1, 0.15) is 10.4 Å². The molecule has 1 aliphatic heterocycles. The molecule has 1 aliphatic rings. The van der Waals surface area contributed by atoms with Gasteiger partial charge < -0.3 is 9.84 Å². The van der Waals surface area contributed by atoms with Gasteiger partial charge in [0.15, 0.2) is 0 Å². The number of hydrogen-bond donors (Lipinski definition) is 2. The second-order valence-electron chi connectivity index (χ2n) is 5.37. The smallest absolute Gasteiger partial charge is 0.414 e. The minimum absolute atomic E-state index is 0.122. The maximum atomic E-state index is 12.6. The van der Waals surface area contributed by atoms with E-state index in [-0.39, 0.29) is 27.8 Å². The fourth-order valence-corrected chi connectivity index (χ4v) is 4.02. The first-order chi connectivity index (χ1) is 12.3. The van der Waals surface area contributed by atoms with Crippen LogP contribution in [-0.2, 0) is 14.8 Å². The van der Waals surface area contributed by atoms with Crippen molar-refractivity contribution in [1.29, 1.82) is 0 Å². The predicted octanol–water partition coefficient (Wildman–Crippen LogP) is 2.80. The molecule has 8 nitrogen and oxygen atoms in total. The molecular weight excluding hydrogens is 384 g/mol. The third-order valence-corrected chi connectivity index (χ3v) is 5.50. The van der Waals surface area contributed by atoms with Crippen molar-refractivity contribution in [3.8, 4) is 0 Å². The Morgan fingerprint density at radius 2 is 2.00 bits per heavy atom. The highest BCUT2D eigenvalue weighted by Crippen LogP contribution is 2.27. The summed E-state index contributed by atoms with van der Waals surface area (Å²) in [5.74, 6) is -1.21. The van der Waals surface area contributed by atoms with Gasteiger partial charge in [-0.05, 0) is 36.4 Å². The summed E-state index contributed by atoms with van der Waals surface area (Å²) < 4.78 is 32.3. The van der Waals surface area contributed by atoms with Gasteiger partial charge in [0, 0.05) is 5.69 Å². The van der Waals surface area contributed by atoms with E-state index in [1.54, 1.807) is 12.1 Å². The number of halogens is 1. The lowest BCUT2D eigenvalue weighted by molar-refractivity contribution is 0.0696. The number of carbonyl (C=O) groups excluding carboxylic acids is 1. The molecule has 0 atom stereocenters. The van der Waals surface area contributed by atoms with Crippen LogP contribution in [0.25, 0.3) is 0 Å². The summed E-state index contributed by atoms with van der Waals surface area (Å²) in [5.41, 5.74) is 0.587. The number of sulfonamides is 1. The highest BCUT2D eigenvalue weighted by Gasteiger charge is 2.24. The summed E-state index contributed by atoms with van der Waals surface area (Å²) in [7, 11) is -4.05. The van der Waals surface area contributed by atoms with Crippen LogP contribution in [0.3, 0.4) is 0 Å². The van der Waals surface area contributed by atoms with Crippen molar-refractivity contribution in [2.75, 3.05) is 22.8 Å². The molecule has 0 bridgehead atoms. The van der Waals surface area contributed by atoms with E-state index in [0.29, 0.717) is 12.2 Å². The summed E-state index contributed by atoms with van der Waals surface area (Å²) in [6, 6.07) is 9.59. The van der Waals surface area contributed by atoms with Gasteiger partial charge in [0.05, 0.1) is 22.8 Å². The zero-order valence-corrected chi connectivity index (χ0v) is 14.7. The van der Waals surface area contributed by atoms with E-state index in [0.717, 1.165) is 18.2 Å². The van der Waals surface area contributed by atoms with Gasteiger partial charge in [0.25, 0.3) is 10.0 Å². The lowest BCUT2D eigenvalue weighted by Gasteiger charge is -2.15. The number of amides is 1. The van der Waals surface area contributed by atoms with Crippen LogP contribution in [0.2, 0.25) is 5.02 Å². The van der Waals surface area contributed by atoms with Crippen LogP contribution in [0.5, 0.6) is 0 Å². The van der Waals surface area contributed by atoms with Crippen molar-refractivity contribution in [2.45, 2.75) is 4.90 Å². The fourth-order valence-electron chi connectivity index (χ4n) is 2.43. The van der Waals surface area contributed by atoms with E-state index in [1.165, 1.54) is 17.0 Å². The Morgan fingerprint density at radius 3 is 2.62 bits per heavy atom. The highest BCUT2D eigenvalue weighted by atomic mass is 35.5. The zero-order valence-electron chi connectivity index (χ0n) is 13.2. The topological polar surface area (TPSA) is 113 Å². The van der Waals surface area contributed by atoms with Crippen molar-refractivity contribution in [3.05, 3.63) is 53.1 Å². The molecule has 1 amide bonds. The molecular formula is C16H13ClN2O6S. The fraction of sp³-hybridized carbons (Fsp3) is 0.125. The Hall–Kier alpha value is -2.78. The van der Waals surface area contributed by atoms with Crippen LogP contribution >= 0.6 is 11.6 Å². The number of hydrogen-bond acceptors (Lipinski definition) is 5. The molecule has 10 heteroatoms. The Morgan fingerprint density at radius 1 is 1.23 bits per heavy atom. The number of aromatic carboxylic acids is 1. The van der Waals surface area contributed by atoms with Crippen molar-refractivity contribution in [3.63, 3.8) is 0 Å². The van der Waals surface area contributed by atoms with Gasteiger partial charge in [-0.3, -0.25) is 9.62 Å². The summed E-state index contributed by atoms with van der Waals surface area (Å²) in [4.78, 5) is 23.7. The van der Waals surface area contributed by atoms with Gasteiger partial charge in [0.2, 0.25) is 0 Å². The third-order valence-electron chi connectivity index (χ3n) is 3.64. The molecule has 1 heterocycles. The average Bonchev–Trinajstić information content (AvgIpc) is 3.00. The standard InChI is InChI=1S/C16H13ClN2O6S/c17-13-8-10(15(20)21)4-5-14(13)26(23,24)18-11-2-1-3-12(9-11)19-6-7-25-16(19)22/h1-5,8-9,18H,6-7H2,(H,20,21). The minimum Gasteiger partial charge on any atom is -0.478 e. The molecule has 136 valence electrons. The molecule has 0 radical (unpaired) electrons. The molecule has 0 saturated carbocycles. The monoisotopic (exact) mass is 396 g/mol. The van der Waals surface area contributed by atoms with Gasteiger partial charge in [-0.2, -0.15) is 0 Å². The first-order valence-corrected chi connectivity index (χ1v) is 9.24. The van der Waals surface area contributed by atoms with Crippen LogP contribution in [0.4, 0.5) is 16.2 Å². The molecule has 1 fully saturated rings. The largest absolute Gasteiger partial charge is 0.478 e. The molecule has 2 N–H and O–H groups in total. The van der Waals surface area contributed by atoms with Gasteiger partial charge in [-0.25, -0.2) is 18.0 Å². The molecule has 2 aromatic carbocycles. The highest BCUT2D eigenvalue weighted by molar-refractivity contribution is 7.92. The third kappa shape index (κ3) is 3.58. The van der Waals surface area contributed by atoms with Gasteiger partial charge >= 0.3 is 12.1 Å². The maximum Gasteiger partial charge on any atom is 0.414 e.